The summed E-state index contributed by atoms with van der Waals surface area (Å²) in [6.07, 6.45) is 2.76. The van der Waals surface area contributed by atoms with E-state index in [1.165, 1.54) is 11.1 Å². The number of nitrogens with one attached hydrogen (secondary N) is 1. The average molecular weight is 301 g/mol. The smallest absolute Gasteiger partial charge is 0.133 e. The van der Waals surface area contributed by atoms with E-state index in [4.69, 9.17) is 0 Å². The first-order valence-corrected chi connectivity index (χ1v) is 8.46. The van der Waals surface area contributed by atoms with Crippen LogP contribution in [0, 0.1) is 0 Å². The monoisotopic (exact) mass is 301 g/mol. The quantitative estimate of drug-likeness (QED) is 0.593. The van der Waals surface area contributed by atoms with Gasteiger partial charge in [-0.3, -0.25) is 0 Å². The lowest BCUT2D eigenvalue weighted by Crippen LogP contribution is -2.08. The largest absolute Gasteiger partial charge is 0.370 e. The molecule has 1 N–H and O–H groups in total. The molecule has 0 radical (unpaired) electrons. The minimum Gasteiger partial charge on any atom is -0.370 e. The summed E-state index contributed by atoms with van der Waals surface area (Å²) >= 11 is 1.78. The number of hydrogen-bond acceptors (Lipinski definition) is 4. The molecule has 0 amide bonds. The normalized spacial score (nSPS) is 10.9. The van der Waals surface area contributed by atoms with Crippen LogP contribution in [-0.4, -0.2) is 16.5 Å². The summed E-state index contributed by atoms with van der Waals surface area (Å²) in [4.78, 5) is 8.91. The summed E-state index contributed by atoms with van der Waals surface area (Å²) < 4.78 is 0. The molecule has 4 heteroatoms. The van der Waals surface area contributed by atoms with E-state index in [0.29, 0.717) is 5.92 Å². The Labute approximate surface area is 131 Å². The van der Waals surface area contributed by atoms with Gasteiger partial charge >= 0.3 is 0 Å². The van der Waals surface area contributed by atoms with Crippen molar-refractivity contribution in [3.8, 4) is 0 Å². The molecule has 21 heavy (non-hydrogen) atoms. The van der Waals surface area contributed by atoms with E-state index in [9.17, 15) is 0 Å². The molecule has 1 aromatic heterocycles. The van der Waals surface area contributed by atoms with Gasteiger partial charge in [0.1, 0.15) is 17.2 Å². The van der Waals surface area contributed by atoms with E-state index in [-0.39, 0.29) is 0 Å². The predicted molar refractivity (Wildman–Crippen MR) is 90.9 cm³/mol. The van der Waals surface area contributed by atoms with Crippen LogP contribution in [0.2, 0.25) is 0 Å². The van der Waals surface area contributed by atoms with Crippen molar-refractivity contribution >= 4 is 17.6 Å². The number of nitrogens with zero attached hydrogens (tertiary/aromatic N) is 2. The van der Waals surface area contributed by atoms with Crippen molar-refractivity contribution in [3.05, 3.63) is 47.8 Å². The van der Waals surface area contributed by atoms with Crippen LogP contribution in [0.1, 0.15) is 44.2 Å². The summed E-state index contributed by atoms with van der Waals surface area (Å²) in [5.41, 5.74) is 2.55. The Morgan fingerprint density at radius 2 is 1.90 bits per heavy atom. The zero-order valence-electron chi connectivity index (χ0n) is 13.0. The molecule has 1 aromatic carbocycles. The minimum atomic E-state index is 0.406. The van der Waals surface area contributed by atoms with E-state index in [1.807, 2.05) is 6.07 Å². The number of rotatable bonds is 7. The molecular weight excluding hydrogens is 278 g/mol. The predicted octanol–water partition coefficient (Wildman–Crippen LogP) is 4.71. The highest BCUT2D eigenvalue weighted by molar-refractivity contribution is 7.98. The van der Waals surface area contributed by atoms with Gasteiger partial charge in [0.15, 0.2) is 0 Å². The third-order valence-corrected chi connectivity index (χ3v) is 4.26. The number of aromatic nitrogens is 2. The van der Waals surface area contributed by atoms with Crippen molar-refractivity contribution in [1.82, 2.24) is 9.97 Å². The second-order valence-electron chi connectivity index (χ2n) is 5.30. The van der Waals surface area contributed by atoms with Gasteiger partial charge in [-0.2, -0.15) is 0 Å². The first-order valence-electron chi connectivity index (χ1n) is 7.47. The molecule has 1 heterocycles. The SMILES string of the molecule is CCCNc1ncnc(SCc2ccccc2)c1C(C)C. The van der Waals surface area contributed by atoms with Crippen LogP contribution in [-0.2, 0) is 5.75 Å². The van der Waals surface area contributed by atoms with Crippen molar-refractivity contribution in [3.63, 3.8) is 0 Å². The number of hydrogen-bond donors (Lipinski definition) is 1. The standard InChI is InChI=1S/C17H23N3S/c1-4-10-18-16-15(13(2)3)17(20-12-19-16)21-11-14-8-6-5-7-9-14/h5-9,12-13H,4,10-11H2,1-3H3,(H,18,19,20). The van der Waals surface area contributed by atoms with Crippen molar-refractivity contribution in [2.24, 2.45) is 0 Å². The van der Waals surface area contributed by atoms with Crippen molar-refractivity contribution in [1.29, 1.82) is 0 Å². The Hall–Kier alpha value is -1.55. The van der Waals surface area contributed by atoms with Crippen molar-refractivity contribution in [2.75, 3.05) is 11.9 Å². The van der Waals surface area contributed by atoms with Gasteiger partial charge in [-0.05, 0) is 17.9 Å². The van der Waals surface area contributed by atoms with Gasteiger partial charge < -0.3 is 5.32 Å². The minimum absolute atomic E-state index is 0.406. The summed E-state index contributed by atoms with van der Waals surface area (Å²) in [6.45, 7) is 7.50. The Balaban J connectivity index is 2.17. The summed E-state index contributed by atoms with van der Waals surface area (Å²) in [7, 11) is 0. The molecular formula is C17H23N3S. The highest BCUT2D eigenvalue weighted by Gasteiger charge is 2.15. The average Bonchev–Trinajstić information content (AvgIpc) is 2.51. The molecule has 2 aromatic rings. The van der Waals surface area contributed by atoms with Crippen LogP contribution < -0.4 is 5.32 Å². The molecule has 0 atom stereocenters. The Kier molecular flexibility index (Phi) is 6.05. The fraction of sp³-hybridized carbons (Fsp3) is 0.412. The van der Waals surface area contributed by atoms with Gasteiger partial charge in [-0.25, -0.2) is 9.97 Å². The van der Waals surface area contributed by atoms with Crippen LogP contribution in [0.4, 0.5) is 5.82 Å². The van der Waals surface area contributed by atoms with Gasteiger partial charge in [0.2, 0.25) is 0 Å². The zero-order valence-corrected chi connectivity index (χ0v) is 13.8. The van der Waals surface area contributed by atoms with E-state index >= 15 is 0 Å². The second-order valence-corrected chi connectivity index (χ2v) is 6.26. The van der Waals surface area contributed by atoms with E-state index in [0.717, 1.165) is 29.6 Å². The third kappa shape index (κ3) is 4.46. The molecule has 0 bridgehead atoms. The number of benzene rings is 1. The molecule has 0 saturated carbocycles. The number of thioether (sulfide) groups is 1. The van der Waals surface area contributed by atoms with Gasteiger partial charge in [0.25, 0.3) is 0 Å². The van der Waals surface area contributed by atoms with Crippen LogP contribution >= 0.6 is 11.8 Å². The first kappa shape index (κ1) is 15.8. The highest BCUT2D eigenvalue weighted by atomic mass is 32.2. The van der Waals surface area contributed by atoms with Gasteiger partial charge in [0.05, 0.1) is 0 Å². The molecule has 3 nitrogen and oxygen atoms in total. The van der Waals surface area contributed by atoms with Crippen LogP contribution in [0.15, 0.2) is 41.7 Å². The van der Waals surface area contributed by atoms with Crippen molar-refractivity contribution < 1.29 is 0 Å². The van der Waals surface area contributed by atoms with Crippen molar-refractivity contribution in [2.45, 2.75) is 43.9 Å². The topological polar surface area (TPSA) is 37.8 Å². The maximum absolute atomic E-state index is 4.50. The van der Waals surface area contributed by atoms with Crippen LogP contribution in [0.3, 0.4) is 0 Å². The summed E-state index contributed by atoms with van der Waals surface area (Å²) in [6, 6.07) is 10.5. The molecule has 0 aliphatic heterocycles. The first-order chi connectivity index (χ1) is 10.2. The van der Waals surface area contributed by atoms with Crippen LogP contribution in [0.5, 0.6) is 0 Å². The fourth-order valence-electron chi connectivity index (χ4n) is 2.13. The maximum atomic E-state index is 4.50. The fourth-order valence-corrected chi connectivity index (χ4v) is 3.23. The molecule has 112 valence electrons. The van der Waals surface area contributed by atoms with E-state index in [2.05, 4.69) is 60.3 Å². The second kappa shape index (κ2) is 8.03. The lowest BCUT2D eigenvalue weighted by atomic mass is 10.1. The molecule has 0 aliphatic rings. The Bertz CT molecular complexity index is 555. The van der Waals surface area contributed by atoms with Gasteiger partial charge in [-0.15, -0.1) is 11.8 Å². The molecule has 0 fully saturated rings. The lowest BCUT2D eigenvalue weighted by molar-refractivity contribution is 0.799. The molecule has 0 spiro atoms. The highest BCUT2D eigenvalue weighted by Crippen LogP contribution is 2.32. The third-order valence-electron chi connectivity index (χ3n) is 3.19. The lowest BCUT2D eigenvalue weighted by Gasteiger charge is -2.16. The molecule has 0 unspecified atom stereocenters. The zero-order chi connectivity index (χ0) is 15.1. The van der Waals surface area contributed by atoms with E-state index in [1.54, 1.807) is 18.1 Å². The Morgan fingerprint density at radius 3 is 2.57 bits per heavy atom. The van der Waals surface area contributed by atoms with Crippen LogP contribution in [0.25, 0.3) is 0 Å². The molecule has 0 saturated heterocycles. The van der Waals surface area contributed by atoms with Gasteiger partial charge in [0, 0.05) is 17.9 Å². The maximum Gasteiger partial charge on any atom is 0.133 e. The Morgan fingerprint density at radius 1 is 1.14 bits per heavy atom. The summed E-state index contributed by atoms with van der Waals surface area (Å²) in [5.74, 6) is 2.33. The van der Waals surface area contributed by atoms with E-state index < -0.39 is 0 Å². The summed E-state index contributed by atoms with van der Waals surface area (Å²) in [5, 5.41) is 4.50. The number of anilines is 1. The molecule has 2 rings (SSSR count). The molecule has 0 aliphatic carbocycles. The van der Waals surface area contributed by atoms with Gasteiger partial charge in [-0.1, -0.05) is 51.1 Å².